The van der Waals surface area contributed by atoms with Crippen LogP contribution in [-0.4, -0.2) is 33.7 Å². The van der Waals surface area contributed by atoms with Gasteiger partial charge in [0.2, 0.25) is 0 Å². The van der Waals surface area contributed by atoms with Crippen LogP contribution in [0.3, 0.4) is 0 Å². The van der Waals surface area contributed by atoms with E-state index in [4.69, 9.17) is 5.11 Å². The molecule has 0 unspecified atom stereocenters. The summed E-state index contributed by atoms with van der Waals surface area (Å²) in [5.41, 5.74) is 2.00. The van der Waals surface area contributed by atoms with Crippen LogP contribution >= 0.6 is 0 Å². The van der Waals surface area contributed by atoms with Gasteiger partial charge >= 0.3 is 5.97 Å². The van der Waals surface area contributed by atoms with Crippen LogP contribution in [0, 0.1) is 0 Å². The molecule has 5 rings (SSSR count). The van der Waals surface area contributed by atoms with Gasteiger partial charge in [-0.1, -0.05) is 48.5 Å². The average molecular weight is 429 g/mol. The van der Waals surface area contributed by atoms with Crippen LogP contribution in [0.5, 0.6) is 0 Å². The highest BCUT2D eigenvalue weighted by Gasteiger charge is 2.25. The highest BCUT2D eigenvalue weighted by molar-refractivity contribution is 7.90. The van der Waals surface area contributed by atoms with Crippen LogP contribution in [0.25, 0.3) is 33.1 Å². The van der Waals surface area contributed by atoms with E-state index in [1.165, 1.54) is 18.2 Å². The Balaban J connectivity index is 1.75. The van der Waals surface area contributed by atoms with Gasteiger partial charge in [0, 0.05) is 22.5 Å². The van der Waals surface area contributed by atoms with Crippen molar-refractivity contribution in [2.75, 3.05) is 0 Å². The van der Waals surface area contributed by atoms with Crippen molar-refractivity contribution < 1.29 is 18.3 Å². The van der Waals surface area contributed by atoms with Gasteiger partial charge in [-0.25, -0.2) is 4.79 Å². The molecule has 0 aliphatic heterocycles. The Morgan fingerprint density at radius 1 is 0.871 bits per heavy atom. The van der Waals surface area contributed by atoms with Gasteiger partial charge in [0.25, 0.3) is 10.0 Å². The molecule has 7 nitrogen and oxygen atoms in total. The standard InChI is InChI=1S/C23H15N3O4S/c27-23(28)17-12-10-16(11-13-17)21-18-7-1-2-8-19(18)26(25-21)31(29,30)20-9-3-5-15-6-4-14-24-22(15)20/h1-14H,(H,27,28). The summed E-state index contributed by atoms with van der Waals surface area (Å²) < 4.78 is 28.3. The number of carbonyl (C=O) groups is 1. The number of fused-ring (bicyclic) bond motifs is 2. The molecule has 8 heteroatoms. The van der Waals surface area contributed by atoms with Crippen molar-refractivity contribution in [2.45, 2.75) is 4.90 Å². The number of pyridine rings is 1. The lowest BCUT2D eigenvalue weighted by Crippen LogP contribution is -2.15. The molecule has 152 valence electrons. The highest BCUT2D eigenvalue weighted by atomic mass is 32.2. The largest absolute Gasteiger partial charge is 0.478 e. The third-order valence-electron chi connectivity index (χ3n) is 5.06. The van der Waals surface area contributed by atoms with Crippen molar-refractivity contribution in [3.63, 3.8) is 0 Å². The van der Waals surface area contributed by atoms with Crippen LogP contribution in [0.4, 0.5) is 0 Å². The molecule has 5 aromatic rings. The number of aromatic carboxylic acids is 1. The van der Waals surface area contributed by atoms with Gasteiger partial charge in [0.05, 0.1) is 16.6 Å². The Morgan fingerprint density at radius 2 is 1.61 bits per heavy atom. The van der Waals surface area contributed by atoms with E-state index in [2.05, 4.69) is 10.1 Å². The number of carboxylic acids is 1. The van der Waals surface area contributed by atoms with E-state index in [9.17, 15) is 13.2 Å². The lowest BCUT2D eigenvalue weighted by Gasteiger charge is -2.08. The molecule has 0 saturated heterocycles. The van der Waals surface area contributed by atoms with E-state index in [0.29, 0.717) is 33.1 Å². The Morgan fingerprint density at radius 3 is 2.39 bits per heavy atom. The summed E-state index contributed by atoms with van der Waals surface area (Å²) in [7, 11) is -4.05. The van der Waals surface area contributed by atoms with E-state index in [-0.39, 0.29) is 10.5 Å². The van der Waals surface area contributed by atoms with Crippen molar-refractivity contribution in [2.24, 2.45) is 0 Å². The summed E-state index contributed by atoms with van der Waals surface area (Å²) in [6, 6.07) is 21.7. The molecule has 0 saturated carbocycles. The molecule has 0 amide bonds. The van der Waals surface area contributed by atoms with Crippen LogP contribution in [0.15, 0.2) is 90.0 Å². The number of hydrogen-bond acceptors (Lipinski definition) is 5. The zero-order valence-corrected chi connectivity index (χ0v) is 16.8. The molecule has 0 spiro atoms. The molecule has 0 radical (unpaired) electrons. The molecule has 2 aromatic heterocycles. The molecular weight excluding hydrogens is 414 g/mol. The molecule has 0 fully saturated rings. The second-order valence-electron chi connectivity index (χ2n) is 6.93. The average Bonchev–Trinajstić information content (AvgIpc) is 3.19. The fourth-order valence-corrected chi connectivity index (χ4v) is 5.04. The fraction of sp³-hybridized carbons (Fsp3) is 0. The topological polar surface area (TPSA) is 102 Å². The Kier molecular flexibility index (Phi) is 4.30. The summed E-state index contributed by atoms with van der Waals surface area (Å²) in [4.78, 5) is 15.5. The van der Waals surface area contributed by atoms with Gasteiger partial charge in [-0.2, -0.15) is 17.6 Å². The summed E-state index contributed by atoms with van der Waals surface area (Å²) in [6.07, 6.45) is 1.55. The SMILES string of the molecule is O=C(O)c1ccc(-c2nn(S(=O)(=O)c3cccc4cccnc34)c3ccccc23)cc1. The van der Waals surface area contributed by atoms with E-state index in [1.807, 2.05) is 0 Å². The summed E-state index contributed by atoms with van der Waals surface area (Å²) in [6.45, 7) is 0. The van der Waals surface area contributed by atoms with Crippen molar-refractivity contribution in [1.82, 2.24) is 14.2 Å². The maximum Gasteiger partial charge on any atom is 0.335 e. The molecular formula is C23H15N3O4S. The summed E-state index contributed by atoms with van der Waals surface area (Å²) in [5, 5.41) is 14.9. The maximum absolute atomic E-state index is 13.6. The minimum Gasteiger partial charge on any atom is -0.478 e. The van der Waals surface area contributed by atoms with Crippen molar-refractivity contribution in [1.29, 1.82) is 0 Å². The number of nitrogens with zero attached hydrogens (tertiary/aromatic N) is 3. The first kappa shape index (κ1) is 19.0. The Bertz CT molecular complexity index is 1570. The van der Waals surface area contributed by atoms with Gasteiger partial charge < -0.3 is 5.11 Å². The molecule has 1 N–H and O–H groups in total. The van der Waals surface area contributed by atoms with Crippen molar-refractivity contribution in [3.8, 4) is 11.3 Å². The maximum atomic E-state index is 13.6. The molecule has 0 atom stereocenters. The van der Waals surface area contributed by atoms with Crippen molar-refractivity contribution >= 4 is 37.8 Å². The molecule has 0 bridgehead atoms. The van der Waals surface area contributed by atoms with Gasteiger partial charge in [0.15, 0.2) is 0 Å². The second-order valence-corrected chi connectivity index (χ2v) is 8.66. The number of hydrogen-bond donors (Lipinski definition) is 1. The number of aromatic nitrogens is 3. The molecule has 0 aliphatic rings. The molecule has 2 heterocycles. The first-order valence-electron chi connectivity index (χ1n) is 9.37. The smallest absolute Gasteiger partial charge is 0.335 e. The first-order chi connectivity index (χ1) is 15.0. The normalized spacial score (nSPS) is 11.7. The predicted octanol–water partition coefficient (Wildman–Crippen LogP) is 4.19. The number of carboxylic acid groups (broad SMARTS) is 1. The van der Waals surface area contributed by atoms with E-state index >= 15 is 0 Å². The van der Waals surface area contributed by atoms with Crippen LogP contribution < -0.4 is 0 Å². The number of rotatable bonds is 4. The molecule has 0 aliphatic carbocycles. The third kappa shape index (κ3) is 3.04. The van der Waals surface area contributed by atoms with Gasteiger partial charge in [-0.15, -0.1) is 0 Å². The van der Waals surface area contributed by atoms with Crippen LogP contribution in [-0.2, 0) is 10.0 Å². The number of para-hydroxylation sites is 2. The predicted molar refractivity (Wildman–Crippen MR) is 116 cm³/mol. The Labute approximate surface area is 177 Å². The zero-order valence-electron chi connectivity index (χ0n) is 16.0. The lowest BCUT2D eigenvalue weighted by atomic mass is 10.1. The molecule has 31 heavy (non-hydrogen) atoms. The minimum absolute atomic E-state index is 0.0617. The minimum atomic E-state index is -4.05. The molecule has 3 aromatic carbocycles. The monoisotopic (exact) mass is 429 g/mol. The third-order valence-corrected chi connectivity index (χ3v) is 6.68. The van der Waals surface area contributed by atoms with Crippen molar-refractivity contribution in [3.05, 3.63) is 90.6 Å². The summed E-state index contributed by atoms with van der Waals surface area (Å²) >= 11 is 0. The Hall–Kier alpha value is -4.04. The zero-order chi connectivity index (χ0) is 21.6. The van der Waals surface area contributed by atoms with Gasteiger partial charge in [-0.3, -0.25) is 4.98 Å². The van der Waals surface area contributed by atoms with E-state index in [1.54, 1.807) is 66.9 Å². The highest BCUT2D eigenvalue weighted by Crippen LogP contribution is 2.31. The fourth-order valence-electron chi connectivity index (χ4n) is 3.58. The second kappa shape index (κ2) is 7.03. The van der Waals surface area contributed by atoms with Gasteiger partial charge in [0.1, 0.15) is 10.6 Å². The quantitative estimate of drug-likeness (QED) is 0.460. The number of benzene rings is 3. The van der Waals surface area contributed by atoms with E-state index < -0.39 is 16.0 Å². The lowest BCUT2D eigenvalue weighted by molar-refractivity contribution is 0.0697. The van der Waals surface area contributed by atoms with Gasteiger partial charge in [-0.05, 0) is 30.3 Å². The summed E-state index contributed by atoms with van der Waals surface area (Å²) in [5.74, 6) is -1.03. The van der Waals surface area contributed by atoms with Crippen LogP contribution in [0.1, 0.15) is 10.4 Å². The van der Waals surface area contributed by atoms with Crippen LogP contribution in [0.2, 0.25) is 0 Å². The van der Waals surface area contributed by atoms with E-state index in [0.717, 1.165) is 4.09 Å². The first-order valence-corrected chi connectivity index (χ1v) is 10.8.